The lowest BCUT2D eigenvalue weighted by atomic mass is 10.1. The lowest BCUT2D eigenvalue weighted by Crippen LogP contribution is -2.14. The van der Waals surface area contributed by atoms with Gasteiger partial charge in [0.25, 0.3) is 5.69 Å². The van der Waals surface area contributed by atoms with Gasteiger partial charge in [0.1, 0.15) is 11.4 Å². The first-order valence-electron chi connectivity index (χ1n) is 7.39. The number of esters is 1. The summed E-state index contributed by atoms with van der Waals surface area (Å²) in [6.45, 7) is 1.88. The van der Waals surface area contributed by atoms with Crippen LogP contribution in [0.3, 0.4) is 0 Å². The minimum absolute atomic E-state index is 0.0552. The van der Waals surface area contributed by atoms with E-state index < -0.39 is 29.0 Å². The molecule has 130 valence electrons. The summed E-state index contributed by atoms with van der Waals surface area (Å²) in [5.41, 5.74) is 5.31. The Morgan fingerprint density at radius 2 is 1.76 bits per heavy atom. The van der Waals surface area contributed by atoms with Crippen molar-refractivity contribution in [3.8, 4) is 5.75 Å². The molecule has 0 radical (unpaired) electrons. The molecule has 25 heavy (non-hydrogen) atoms. The molecule has 0 spiro atoms. The second kappa shape index (κ2) is 7.91. The van der Waals surface area contributed by atoms with Gasteiger partial charge in [-0.25, -0.2) is 4.79 Å². The minimum Gasteiger partial charge on any atom is -0.494 e. The maximum Gasteiger partial charge on any atom is 0.338 e. The van der Waals surface area contributed by atoms with Crippen molar-refractivity contribution in [2.45, 2.75) is 6.92 Å². The van der Waals surface area contributed by atoms with Crippen LogP contribution in [0.4, 0.5) is 11.4 Å². The normalized spacial score (nSPS) is 10.1. The molecule has 0 atom stereocenters. The Hall–Kier alpha value is -3.42. The number of Topliss-reactive ketones (excluding diaryl/α,β-unsaturated/α-hetero) is 1. The maximum absolute atomic E-state index is 12.0. The minimum atomic E-state index is -0.845. The summed E-state index contributed by atoms with van der Waals surface area (Å²) in [7, 11) is 0. The third-order valence-corrected chi connectivity index (χ3v) is 3.28. The van der Waals surface area contributed by atoms with Crippen molar-refractivity contribution in [2.75, 3.05) is 18.9 Å². The number of nitrogens with zero attached hydrogens (tertiary/aromatic N) is 1. The monoisotopic (exact) mass is 344 g/mol. The van der Waals surface area contributed by atoms with E-state index in [2.05, 4.69) is 0 Å². The number of carbonyl (C=O) groups excluding carboxylic acids is 2. The summed E-state index contributed by atoms with van der Waals surface area (Å²) in [5.74, 6) is -0.617. The van der Waals surface area contributed by atoms with Gasteiger partial charge >= 0.3 is 5.97 Å². The van der Waals surface area contributed by atoms with E-state index in [1.807, 2.05) is 6.92 Å². The highest BCUT2D eigenvalue weighted by Gasteiger charge is 2.17. The van der Waals surface area contributed by atoms with Crippen LogP contribution in [0.5, 0.6) is 5.75 Å². The topological polar surface area (TPSA) is 122 Å². The van der Waals surface area contributed by atoms with Crippen molar-refractivity contribution in [1.29, 1.82) is 0 Å². The second-order valence-corrected chi connectivity index (χ2v) is 4.99. The number of carbonyl (C=O) groups is 2. The molecule has 0 bridgehead atoms. The zero-order chi connectivity index (χ0) is 18.4. The molecule has 8 nitrogen and oxygen atoms in total. The Morgan fingerprint density at radius 1 is 1.12 bits per heavy atom. The third kappa shape index (κ3) is 4.54. The van der Waals surface area contributed by atoms with Crippen molar-refractivity contribution in [3.05, 3.63) is 63.7 Å². The molecule has 0 fully saturated rings. The van der Waals surface area contributed by atoms with Gasteiger partial charge in [-0.2, -0.15) is 0 Å². The van der Waals surface area contributed by atoms with Crippen LogP contribution in [0.2, 0.25) is 0 Å². The molecule has 2 rings (SSSR count). The number of rotatable bonds is 7. The fraction of sp³-hybridized carbons (Fsp3) is 0.176. The molecule has 0 aliphatic carbocycles. The molecule has 0 aliphatic rings. The zero-order valence-electron chi connectivity index (χ0n) is 13.4. The predicted molar refractivity (Wildman–Crippen MR) is 89.7 cm³/mol. The van der Waals surface area contributed by atoms with Gasteiger partial charge in [-0.1, -0.05) is 0 Å². The van der Waals surface area contributed by atoms with Gasteiger partial charge in [-0.3, -0.25) is 14.9 Å². The van der Waals surface area contributed by atoms with Crippen LogP contribution in [-0.2, 0) is 4.74 Å². The van der Waals surface area contributed by atoms with E-state index >= 15 is 0 Å². The van der Waals surface area contributed by atoms with Gasteiger partial charge in [0, 0.05) is 11.6 Å². The number of hydrogen-bond donors (Lipinski definition) is 1. The summed E-state index contributed by atoms with van der Waals surface area (Å²) < 4.78 is 10.2. The van der Waals surface area contributed by atoms with Gasteiger partial charge in [0.15, 0.2) is 12.4 Å². The Morgan fingerprint density at radius 3 is 2.36 bits per heavy atom. The van der Waals surface area contributed by atoms with Crippen molar-refractivity contribution in [2.24, 2.45) is 0 Å². The number of hydrogen-bond acceptors (Lipinski definition) is 7. The molecule has 2 aromatic rings. The summed E-state index contributed by atoms with van der Waals surface area (Å²) >= 11 is 0. The summed E-state index contributed by atoms with van der Waals surface area (Å²) in [6, 6.07) is 9.96. The van der Waals surface area contributed by atoms with Crippen LogP contribution >= 0.6 is 0 Å². The molecule has 0 amide bonds. The first-order chi connectivity index (χ1) is 11.9. The Balaban J connectivity index is 2.00. The predicted octanol–water partition coefficient (Wildman–Crippen LogP) is 2.62. The van der Waals surface area contributed by atoms with Crippen molar-refractivity contribution >= 4 is 23.1 Å². The second-order valence-electron chi connectivity index (χ2n) is 4.99. The van der Waals surface area contributed by atoms with Crippen LogP contribution in [0.1, 0.15) is 27.6 Å². The van der Waals surface area contributed by atoms with E-state index in [-0.39, 0.29) is 11.3 Å². The Kier molecular flexibility index (Phi) is 5.67. The average molecular weight is 344 g/mol. The first-order valence-corrected chi connectivity index (χ1v) is 7.39. The number of anilines is 1. The Bertz CT molecular complexity index is 801. The number of nitro groups is 1. The largest absolute Gasteiger partial charge is 0.494 e. The van der Waals surface area contributed by atoms with E-state index in [1.54, 1.807) is 24.3 Å². The molecule has 8 heteroatoms. The van der Waals surface area contributed by atoms with E-state index in [0.717, 1.165) is 6.07 Å². The van der Waals surface area contributed by atoms with Crippen LogP contribution in [-0.4, -0.2) is 29.9 Å². The van der Waals surface area contributed by atoms with E-state index in [0.29, 0.717) is 17.9 Å². The lowest BCUT2D eigenvalue weighted by molar-refractivity contribution is -0.383. The number of nitro benzene ring substituents is 1. The van der Waals surface area contributed by atoms with Gasteiger partial charge in [-0.05, 0) is 43.3 Å². The van der Waals surface area contributed by atoms with Crippen molar-refractivity contribution in [3.63, 3.8) is 0 Å². The Labute approximate surface area is 143 Å². The molecule has 0 aliphatic heterocycles. The average Bonchev–Trinajstić information content (AvgIpc) is 2.60. The lowest BCUT2D eigenvalue weighted by Gasteiger charge is -2.06. The van der Waals surface area contributed by atoms with Crippen LogP contribution in [0.15, 0.2) is 42.5 Å². The molecule has 0 unspecified atom stereocenters. The fourth-order valence-electron chi connectivity index (χ4n) is 2.03. The van der Waals surface area contributed by atoms with Crippen LogP contribution < -0.4 is 10.5 Å². The van der Waals surface area contributed by atoms with Crippen LogP contribution in [0, 0.1) is 10.1 Å². The number of ketones is 1. The zero-order valence-corrected chi connectivity index (χ0v) is 13.4. The van der Waals surface area contributed by atoms with Gasteiger partial charge in [0.05, 0.1) is 17.1 Å². The number of ether oxygens (including phenoxy) is 2. The molecule has 0 heterocycles. The van der Waals surface area contributed by atoms with Crippen LogP contribution in [0.25, 0.3) is 0 Å². The molecule has 0 aromatic heterocycles. The summed E-state index contributed by atoms with van der Waals surface area (Å²) in [5, 5.41) is 10.8. The summed E-state index contributed by atoms with van der Waals surface area (Å²) in [6.07, 6.45) is 0. The quantitative estimate of drug-likeness (QED) is 0.269. The highest BCUT2D eigenvalue weighted by Crippen LogP contribution is 2.22. The third-order valence-electron chi connectivity index (χ3n) is 3.28. The molecular weight excluding hydrogens is 328 g/mol. The number of benzene rings is 2. The highest BCUT2D eigenvalue weighted by atomic mass is 16.6. The van der Waals surface area contributed by atoms with Gasteiger partial charge in [-0.15, -0.1) is 0 Å². The van der Waals surface area contributed by atoms with Crippen molar-refractivity contribution < 1.29 is 24.0 Å². The SMILES string of the molecule is CCOc1ccc(C(=O)COC(=O)c2ccc(N)c([N+](=O)[O-])c2)cc1. The first kappa shape index (κ1) is 17.9. The van der Waals surface area contributed by atoms with E-state index in [9.17, 15) is 19.7 Å². The van der Waals surface area contributed by atoms with E-state index in [4.69, 9.17) is 15.2 Å². The van der Waals surface area contributed by atoms with Gasteiger partial charge in [0.2, 0.25) is 0 Å². The van der Waals surface area contributed by atoms with Crippen molar-refractivity contribution in [1.82, 2.24) is 0 Å². The molecule has 2 N–H and O–H groups in total. The molecule has 0 saturated carbocycles. The molecule has 0 saturated heterocycles. The summed E-state index contributed by atoms with van der Waals surface area (Å²) in [4.78, 5) is 34.1. The van der Waals surface area contributed by atoms with E-state index in [1.165, 1.54) is 12.1 Å². The smallest absolute Gasteiger partial charge is 0.338 e. The maximum atomic E-state index is 12.0. The number of nitrogens with two attached hydrogens (primary N) is 1. The standard InChI is InChI=1S/C17H16N2O6/c1-2-24-13-6-3-11(4-7-13)16(20)10-25-17(21)12-5-8-14(18)15(9-12)19(22)23/h3-9H,2,10,18H2,1H3. The molecular formula is C17H16N2O6. The highest BCUT2D eigenvalue weighted by molar-refractivity contribution is 5.99. The number of nitrogen functional groups attached to an aromatic ring is 1. The van der Waals surface area contributed by atoms with Gasteiger partial charge < -0.3 is 15.2 Å². The molecule has 2 aromatic carbocycles. The fourth-order valence-corrected chi connectivity index (χ4v) is 2.03.